The lowest BCUT2D eigenvalue weighted by Gasteiger charge is -2.13. The van der Waals surface area contributed by atoms with Gasteiger partial charge in [0, 0.05) is 0 Å². The molecule has 0 amide bonds. The summed E-state index contributed by atoms with van der Waals surface area (Å²) in [4.78, 5) is 0. The first-order valence-electron chi connectivity index (χ1n) is 3.92. The van der Waals surface area contributed by atoms with Gasteiger partial charge in [-0.2, -0.15) is 0 Å². The predicted octanol–water partition coefficient (Wildman–Crippen LogP) is 2.84. The molecule has 0 bridgehead atoms. The molecule has 52 valence electrons. The fourth-order valence-corrected chi connectivity index (χ4v) is 1.79. The molecule has 0 spiro atoms. The molecule has 0 aromatic rings. The SMILES string of the molecule is CC1=CCC2CC=CC=C12. The van der Waals surface area contributed by atoms with Gasteiger partial charge < -0.3 is 0 Å². The molecule has 2 aliphatic rings. The summed E-state index contributed by atoms with van der Waals surface area (Å²) in [5.41, 5.74) is 3.07. The van der Waals surface area contributed by atoms with Crippen molar-refractivity contribution in [2.24, 2.45) is 5.92 Å². The smallest absolute Gasteiger partial charge is 0.00900 e. The van der Waals surface area contributed by atoms with Crippen LogP contribution in [-0.4, -0.2) is 0 Å². The van der Waals surface area contributed by atoms with Crippen LogP contribution in [0.25, 0.3) is 0 Å². The van der Waals surface area contributed by atoms with Crippen molar-refractivity contribution in [2.45, 2.75) is 19.8 Å². The quantitative estimate of drug-likeness (QED) is 0.475. The average molecular weight is 132 g/mol. The van der Waals surface area contributed by atoms with Crippen molar-refractivity contribution < 1.29 is 0 Å². The van der Waals surface area contributed by atoms with Crippen LogP contribution >= 0.6 is 0 Å². The highest BCUT2D eigenvalue weighted by molar-refractivity contribution is 5.41. The molecular formula is C10H12. The molecule has 10 heavy (non-hydrogen) atoms. The predicted molar refractivity (Wildman–Crippen MR) is 43.7 cm³/mol. The molecular weight excluding hydrogens is 120 g/mol. The fourth-order valence-electron chi connectivity index (χ4n) is 1.79. The molecule has 2 aliphatic carbocycles. The Labute approximate surface area is 61.9 Å². The van der Waals surface area contributed by atoms with E-state index in [9.17, 15) is 0 Å². The van der Waals surface area contributed by atoms with Gasteiger partial charge in [-0.1, -0.05) is 29.9 Å². The molecule has 0 heteroatoms. The minimum Gasteiger partial charge on any atom is -0.0839 e. The molecule has 0 aliphatic heterocycles. The number of hydrogen-bond acceptors (Lipinski definition) is 0. The monoisotopic (exact) mass is 132 g/mol. The molecule has 0 nitrogen and oxygen atoms in total. The maximum absolute atomic E-state index is 2.35. The molecule has 0 aromatic carbocycles. The van der Waals surface area contributed by atoms with Crippen LogP contribution in [0.3, 0.4) is 0 Å². The number of allylic oxidation sites excluding steroid dienone is 6. The van der Waals surface area contributed by atoms with Gasteiger partial charge in [0.05, 0.1) is 0 Å². The minimum atomic E-state index is 0.824. The third-order valence-electron chi connectivity index (χ3n) is 2.44. The van der Waals surface area contributed by atoms with E-state index in [0.717, 1.165) is 5.92 Å². The molecule has 0 saturated carbocycles. The van der Waals surface area contributed by atoms with Crippen molar-refractivity contribution in [2.75, 3.05) is 0 Å². The van der Waals surface area contributed by atoms with E-state index in [0.29, 0.717) is 0 Å². The van der Waals surface area contributed by atoms with Crippen LogP contribution in [0.2, 0.25) is 0 Å². The van der Waals surface area contributed by atoms with Crippen LogP contribution in [0, 0.1) is 5.92 Å². The molecule has 0 aromatic heterocycles. The van der Waals surface area contributed by atoms with Gasteiger partial charge in [0.2, 0.25) is 0 Å². The number of fused-ring (bicyclic) bond motifs is 1. The molecule has 0 fully saturated rings. The minimum absolute atomic E-state index is 0.824. The fraction of sp³-hybridized carbons (Fsp3) is 0.400. The van der Waals surface area contributed by atoms with E-state index in [4.69, 9.17) is 0 Å². The zero-order valence-corrected chi connectivity index (χ0v) is 6.30. The molecule has 0 saturated heterocycles. The normalized spacial score (nSPS) is 29.5. The van der Waals surface area contributed by atoms with Crippen molar-refractivity contribution in [3.05, 3.63) is 35.5 Å². The highest BCUT2D eigenvalue weighted by Gasteiger charge is 2.19. The first-order chi connectivity index (χ1) is 4.88. The number of rotatable bonds is 0. The largest absolute Gasteiger partial charge is 0.0839 e. The van der Waals surface area contributed by atoms with E-state index >= 15 is 0 Å². The average Bonchev–Trinajstić information content (AvgIpc) is 2.34. The molecule has 0 N–H and O–H groups in total. The van der Waals surface area contributed by atoms with Crippen LogP contribution in [0.5, 0.6) is 0 Å². The highest BCUT2D eigenvalue weighted by atomic mass is 14.2. The third kappa shape index (κ3) is 0.756. The first kappa shape index (κ1) is 5.96. The molecule has 1 atom stereocenters. The maximum atomic E-state index is 2.35. The molecule has 0 radical (unpaired) electrons. The van der Waals surface area contributed by atoms with E-state index in [1.54, 1.807) is 5.57 Å². The highest BCUT2D eigenvalue weighted by Crippen LogP contribution is 2.35. The second-order valence-electron chi connectivity index (χ2n) is 3.11. The summed E-state index contributed by atoms with van der Waals surface area (Å²) in [7, 11) is 0. The summed E-state index contributed by atoms with van der Waals surface area (Å²) in [6.45, 7) is 2.21. The van der Waals surface area contributed by atoms with E-state index in [1.807, 2.05) is 0 Å². The van der Waals surface area contributed by atoms with Gasteiger partial charge in [-0.3, -0.25) is 0 Å². The standard InChI is InChI=1S/C10H12/c1-8-6-7-9-4-2-3-5-10(8)9/h2-3,5-6,9H,4,7H2,1H3. The van der Waals surface area contributed by atoms with Gasteiger partial charge in [0.15, 0.2) is 0 Å². The lowest BCUT2D eigenvalue weighted by Crippen LogP contribution is -1.99. The van der Waals surface area contributed by atoms with Crippen LogP contribution < -0.4 is 0 Å². The maximum Gasteiger partial charge on any atom is -0.00900 e. The Morgan fingerprint density at radius 2 is 2.30 bits per heavy atom. The summed E-state index contributed by atoms with van der Waals surface area (Å²) < 4.78 is 0. The van der Waals surface area contributed by atoms with Gasteiger partial charge >= 0.3 is 0 Å². The summed E-state index contributed by atoms with van der Waals surface area (Å²) >= 11 is 0. The van der Waals surface area contributed by atoms with Gasteiger partial charge in [-0.15, -0.1) is 0 Å². The summed E-state index contributed by atoms with van der Waals surface area (Å²) in [6, 6.07) is 0. The molecule has 1 unspecified atom stereocenters. The first-order valence-corrected chi connectivity index (χ1v) is 3.92. The summed E-state index contributed by atoms with van der Waals surface area (Å²) in [5.74, 6) is 0.824. The number of hydrogen-bond donors (Lipinski definition) is 0. The Morgan fingerprint density at radius 3 is 3.10 bits per heavy atom. The summed E-state index contributed by atoms with van der Waals surface area (Å²) in [6.07, 6.45) is 11.6. The van der Waals surface area contributed by atoms with E-state index < -0.39 is 0 Å². The van der Waals surface area contributed by atoms with Gasteiger partial charge in [-0.05, 0) is 31.3 Å². The second kappa shape index (κ2) is 2.12. The van der Waals surface area contributed by atoms with E-state index in [2.05, 4.69) is 31.2 Å². The van der Waals surface area contributed by atoms with Crippen LogP contribution in [0.4, 0.5) is 0 Å². The summed E-state index contributed by atoms with van der Waals surface area (Å²) in [5, 5.41) is 0. The Hall–Kier alpha value is -0.780. The Balaban J connectivity index is 2.34. The van der Waals surface area contributed by atoms with Gasteiger partial charge in [-0.25, -0.2) is 0 Å². The van der Waals surface area contributed by atoms with Crippen LogP contribution in [0.15, 0.2) is 35.5 Å². The van der Waals surface area contributed by atoms with Crippen LogP contribution in [0.1, 0.15) is 19.8 Å². The van der Waals surface area contributed by atoms with Crippen LogP contribution in [-0.2, 0) is 0 Å². The zero-order chi connectivity index (χ0) is 6.97. The van der Waals surface area contributed by atoms with E-state index in [1.165, 1.54) is 18.4 Å². The Kier molecular flexibility index (Phi) is 1.26. The van der Waals surface area contributed by atoms with Crippen molar-refractivity contribution in [3.8, 4) is 0 Å². The zero-order valence-electron chi connectivity index (χ0n) is 6.30. The van der Waals surface area contributed by atoms with Crippen molar-refractivity contribution in [1.29, 1.82) is 0 Å². The van der Waals surface area contributed by atoms with Crippen molar-refractivity contribution in [1.82, 2.24) is 0 Å². The Morgan fingerprint density at radius 1 is 1.40 bits per heavy atom. The lowest BCUT2D eigenvalue weighted by molar-refractivity contribution is 0.662. The molecule has 0 heterocycles. The van der Waals surface area contributed by atoms with Crippen molar-refractivity contribution >= 4 is 0 Å². The van der Waals surface area contributed by atoms with E-state index in [-0.39, 0.29) is 0 Å². The second-order valence-corrected chi connectivity index (χ2v) is 3.11. The third-order valence-corrected chi connectivity index (χ3v) is 2.44. The van der Waals surface area contributed by atoms with Gasteiger partial charge in [0.1, 0.15) is 0 Å². The van der Waals surface area contributed by atoms with Gasteiger partial charge in [0.25, 0.3) is 0 Å². The van der Waals surface area contributed by atoms with Crippen molar-refractivity contribution in [3.63, 3.8) is 0 Å². The Bertz CT molecular complexity index is 228. The lowest BCUT2D eigenvalue weighted by atomic mass is 9.92. The topological polar surface area (TPSA) is 0 Å². The molecule has 2 rings (SSSR count).